The van der Waals surface area contributed by atoms with Gasteiger partial charge in [0.15, 0.2) is 0 Å². The Morgan fingerprint density at radius 3 is 2.10 bits per heavy atom. The molecule has 3 rings (SSSR count). The summed E-state index contributed by atoms with van der Waals surface area (Å²) in [5, 5.41) is 6.12. The van der Waals surface area contributed by atoms with Crippen LogP contribution in [0.3, 0.4) is 0 Å². The molecular weight excluding hydrogens is 390 g/mol. The van der Waals surface area contributed by atoms with E-state index in [0.717, 1.165) is 12.0 Å². The number of halogens is 2. The zero-order valence-electron chi connectivity index (χ0n) is 15.7. The number of hydrogen-bond donors (Lipinski definition) is 2. The van der Waals surface area contributed by atoms with Crippen molar-refractivity contribution in [3.8, 4) is 0 Å². The number of nitrogens with one attached hydrogen (secondary N) is 2. The van der Waals surface area contributed by atoms with Crippen LogP contribution in [0.1, 0.15) is 17.2 Å². The fourth-order valence-electron chi connectivity index (χ4n) is 2.98. The first kappa shape index (κ1) is 21.0. The third-order valence-electron chi connectivity index (χ3n) is 4.36. The molecule has 150 valence electrons. The molecule has 1 amide bonds. The monoisotopic (exact) mass is 412 g/mol. The topological polar surface area (TPSA) is 41.1 Å². The average Bonchev–Trinajstić information content (AvgIpc) is 2.73. The van der Waals surface area contributed by atoms with Crippen molar-refractivity contribution in [3.63, 3.8) is 0 Å². The van der Waals surface area contributed by atoms with Crippen molar-refractivity contribution in [3.05, 3.63) is 96.1 Å². The van der Waals surface area contributed by atoms with Crippen LogP contribution in [0.25, 0.3) is 0 Å². The molecule has 29 heavy (non-hydrogen) atoms. The lowest BCUT2D eigenvalue weighted by Crippen LogP contribution is -2.32. The highest BCUT2D eigenvalue weighted by Crippen LogP contribution is 2.26. The van der Waals surface area contributed by atoms with Crippen molar-refractivity contribution >= 4 is 23.4 Å². The van der Waals surface area contributed by atoms with Crippen molar-refractivity contribution in [1.29, 1.82) is 0 Å². The van der Waals surface area contributed by atoms with Crippen molar-refractivity contribution in [1.82, 2.24) is 5.32 Å². The Hall–Kier alpha value is -2.70. The Morgan fingerprint density at radius 1 is 0.862 bits per heavy atom. The maximum Gasteiger partial charge on any atom is 0.288 e. The minimum Gasteiger partial charge on any atom is -0.325 e. The first-order chi connectivity index (χ1) is 14.1. The van der Waals surface area contributed by atoms with Crippen LogP contribution in [0.2, 0.25) is 0 Å². The van der Waals surface area contributed by atoms with Crippen molar-refractivity contribution in [2.45, 2.75) is 23.1 Å². The summed E-state index contributed by atoms with van der Waals surface area (Å²) in [5.41, 5.74) is 2.87. The van der Waals surface area contributed by atoms with Crippen molar-refractivity contribution in [2.75, 3.05) is 11.9 Å². The van der Waals surface area contributed by atoms with E-state index in [2.05, 4.69) is 22.8 Å². The van der Waals surface area contributed by atoms with Gasteiger partial charge < -0.3 is 10.6 Å². The molecule has 0 aliphatic heterocycles. The van der Waals surface area contributed by atoms with E-state index in [1.807, 2.05) is 48.5 Å². The highest BCUT2D eigenvalue weighted by Gasteiger charge is 2.14. The van der Waals surface area contributed by atoms with Gasteiger partial charge in [-0.25, -0.2) is 0 Å². The maximum atomic E-state index is 12.4. The van der Waals surface area contributed by atoms with Crippen LogP contribution in [-0.4, -0.2) is 18.2 Å². The third kappa shape index (κ3) is 7.00. The summed E-state index contributed by atoms with van der Waals surface area (Å²) >= 11 is 0.480. The molecule has 0 aliphatic carbocycles. The highest BCUT2D eigenvalue weighted by molar-refractivity contribution is 7.99. The van der Waals surface area contributed by atoms with Crippen LogP contribution in [0.15, 0.2) is 89.8 Å². The van der Waals surface area contributed by atoms with E-state index in [4.69, 9.17) is 0 Å². The Bertz CT molecular complexity index is 890. The highest BCUT2D eigenvalue weighted by atomic mass is 32.2. The lowest BCUT2D eigenvalue weighted by Gasteiger charge is -2.19. The number of carbonyl (C=O) groups excluding carboxylic acids is 1. The molecule has 1 unspecified atom stereocenters. The number of anilines is 1. The molecule has 0 aliphatic rings. The van der Waals surface area contributed by atoms with Crippen molar-refractivity contribution in [2.24, 2.45) is 0 Å². The fourth-order valence-corrected chi connectivity index (χ4v) is 3.48. The summed E-state index contributed by atoms with van der Waals surface area (Å²) in [7, 11) is 0. The van der Waals surface area contributed by atoms with Crippen LogP contribution in [0, 0.1) is 0 Å². The van der Waals surface area contributed by atoms with Crippen LogP contribution in [-0.2, 0) is 11.2 Å². The van der Waals surface area contributed by atoms with Crippen LogP contribution < -0.4 is 10.6 Å². The van der Waals surface area contributed by atoms with Gasteiger partial charge in [0, 0.05) is 16.6 Å². The molecule has 0 fully saturated rings. The first-order valence-corrected chi connectivity index (χ1v) is 10.1. The Labute approximate surface area is 173 Å². The Balaban J connectivity index is 1.59. The average molecular weight is 413 g/mol. The summed E-state index contributed by atoms with van der Waals surface area (Å²) in [6.45, 7) is 0.139. The number of alkyl halides is 2. The molecule has 1 atom stereocenters. The van der Waals surface area contributed by atoms with E-state index in [0.29, 0.717) is 22.3 Å². The fraction of sp³-hybridized carbons (Fsp3) is 0.174. The summed E-state index contributed by atoms with van der Waals surface area (Å²) < 4.78 is 24.8. The van der Waals surface area contributed by atoms with Gasteiger partial charge in [-0.2, -0.15) is 8.78 Å². The summed E-state index contributed by atoms with van der Waals surface area (Å²) in [6, 6.07) is 26.5. The lowest BCUT2D eigenvalue weighted by molar-refractivity contribution is -0.115. The lowest BCUT2D eigenvalue weighted by atomic mass is 9.99. The van der Waals surface area contributed by atoms with Crippen LogP contribution in [0.5, 0.6) is 0 Å². The van der Waals surface area contributed by atoms with Gasteiger partial charge in [-0.1, -0.05) is 72.4 Å². The van der Waals surface area contributed by atoms with Crippen molar-refractivity contribution < 1.29 is 13.6 Å². The van der Waals surface area contributed by atoms with Gasteiger partial charge in [-0.05, 0) is 41.8 Å². The molecule has 0 saturated heterocycles. The minimum absolute atomic E-state index is 0.00540. The summed E-state index contributed by atoms with van der Waals surface area (Å²) in [6.07, 6.45) is 0.762. The zero-order valence-corrected chi connectivity index (χ0v) is 16.5. The molecule has 0 saturated carbocycles. The van der Waals surface area contributed by atoms with Gasteiger partial charge in [0.25, 0.3) is 5.76 Å². The van der Waals surface area contributed by atoms with Crippen LogP contribution >= 0.6 is 11.8 Å². The molecule has 0 spiro atoms. The molecule has 6 heteroatoms. The van der Waals surface area contributed by atoms with Crippen LogP contribution in [0.4, 0.5) is 14.5 Å². The normalized spacial score (nSPS) is 12.0. The number of thioether (sulfide) groups is 1. The standard InChI is InChI=1S/C23H22F2N2OS/c24-23(25)29-20-13-11-19(12-14-20)27-22(28)16-26-21(18-9-5-2-6-10-18)15-17-7-3-1-4-8-17/h1-14,21,23,26H,15-16H2,(H,27,28). The van der Waals surface area contributed by atoms with E-state index in [1.54, 1.807) is 24.3 Å². The number of amides is 1. The largest absolute Gasteiger partial charge is 0.325 e. The Morgan fingerprint density at radius 2 is 1.48 bits per heavy atom. The molecular formula is C23H22F2N2OS. The quantitative estimate of drug-likeness (QED) is 0.455. The van der Waals surface area contributed by atoms with E-state index in [9.17, 15) is 13.6 Å². The molecule has 2 N–H and O–H groups in total. The van der Waals surface area contributed by atoms with Gasteiger partial charge in [0.05, 0.1) is 6.54 Å². The zero-order chi connectivity index (χ0) is 20.5. The predicted octanol–water partition coefficient (Wildman–Crippen LogP) is 5.51. The van der Waals surface area contributed by atoms with E-state index in [1.165, 1.54) is 5.56 Å². The Kier molecular flexibility index (Phi) is 7.78. The second-order valence-corrected chi connectivity index (χ2v) is 7.55. The molecule has 3 aromatic rings. The summed E-state index contributed by atoms with van der Waals surface area (Å²) in [4.78, 5) is 12.8. The number of hydrogen-bond acceptors (Lipinski definition) is 3. The second kappa shape index (κ2) is 10.7. The number of carbonyl (C=O) groups is 1. The first-order valence-electron chi connectivity index (χ1n) is 9.27. The number of benzene rings is 3. The molecule has 0 heterocycles. The SMILES string of the molecule is O=C(CNC(Cc1ccccc1)c1ccccc1)Nc1ccc(SC(F)F)cc1. The molecule has 3 nitrogen and oxygen atoms in total. The molecule has 0 radical (unpaired) electrons. The minimum atomic E-state index is -2.46. The van der Waals surface area contributed by atoms with Gasteiger partial charge in [-0.3, -0.25) is 4.79 Å². The predicted molar refractivity (Wildman–Crippen MR) is 114 cm³/mol. The molecule has 0 bridgehead atoms. The van der Waals surface area contributed by atoms with Gasteiger partial charge in [-0.15, -0.1) is 0 Å². The van der Waals surface area contributed by atoms with Gasteiger partial charge in [0.2, 0.25) is 5.91 Å². The van der Waals surface area contributed by atoms with E-state index < -0.39 is 5.76 Å². The summed E-state index contributed by atoms with van der Waals surface area (Å²) in [5.74, 6) is -2.65. The third-order valence-corrected chi connectivity index (χ3v) is 5.08. The molecule has 3 aromatic carbocycles. The van der Waals surface area contributed by atoms with Gasteiger partial charge >= 0.3 is 0 Å². The smallest absolute Gasteiger partial charge is 0.288 e. The second-order valence-electron chi connectivity index (χ2n) is 6.48. The van der Waals surface area contributed by atoms with Gasteiger partial charge in [0.1, 0.15) is 0 Å². The maximum absolute atomic E-state index is 12.4. The number of rotatable bonds is 9. The molecule has 0 aromatic heterocycles. The van der Waals surface area contributed by atoms with E-state index in [-0.39, 0.29) is 18.5 Å². The van der Waals surface area contributed by atoms with E-state index >= 15 is 0 Å².